The maximum Gasteiger partial charge on any atom is 0.191 e. The highest BCUT2D eigenvalue weighted by atomic mass is 16.5. The molecule has 0 saturated carbocycles. The van der Waals surface area contributed by atoms with E-state index in [4.69, 9.17) is 9.73 Å². The van der Waals surface area contributed by atoms with E-state index in [1.807, 2.05) is 6.07 Å². The summed E-state index contributed by atoms with van der Waals surface area (Å²) in [6.45, 7) is 15.5. The van der Waals surface area contributed by atoms with Gasteiger partial charge >= 0.3 is 0 Å². The average molecular weight is 387 g/mol. The molecule has 1 aliphatic rings. The molecule has 2 N–H and O–H groups in total. The van der Waals surface area contributed by atoms with E-state index in [2.05, 4.69) is 71.0 Å². The summed E-state index contributed by atoms with van der Waals surface area (Å²) in [4.78, 5) is 12.0. The van der Waals surface area contributed by atoms with Crippen molar-refractivity contribution in [2.45, 2.75) is 39.8 Å². The lowest BCUT2D eigenvalue weighted by molar-refractivity contribution is -0.00683. The second-order valence-corrected chi connectivity index (χ2v) is 7.83. The Morgan fingerprint density at radius 3 is 2.71 bits per heavy atom. The summed E-state index contributed by atoms with van der Waals surface area (Å²) in [5.41, 5.74) is 2.24. The summed E-state index contributed by atoms with van der Waals surface area (Å²) in [7, 11) is 0. The zero-order chi connectivity index (χ0) is 20.0. The van der Waals surface area contributed by atoms with Crippen LogP contribution in [-0.2, 0) is 11.3 Å². The predicted octanol–water partition coefficient (Wildman–Crippen LogP) is 2.01. The van der Waals surface area contributed by atoms with Crippen LogP contribution in [0, 0.1) is 6.92 Å². The number of aliphatic imine (C=N–C) groups is 1. The van der Waals surface area contributed by atoms with Gasteiger partial charge in [-0.05, 0) is 39.8 Å². The van der Waals surface area contributed by atoms with Crippen LogP contribution in [0.15, 0.2) is 29.3 Å². The normalized spacial score (nSPS) is 16.5. The van der Waals surface area contributed by atoms with Gasteiger partial charge in [0.05, 0.1) is 30.8 Å². The Hall–Kier alpha value is -2.12. The molecule has 7 heteroatoms. The van der Waals surface area contributed by atoms with Gasteiger partial charge in [-0.15, -0.1) is 0 Å². The molecule has 0 spiro atoms. The van der Waals surface area contributed by atoms with Crippen molar-refractivity contribution in [3.05, 3.63) is 30.1 Å². The molecule has 154 valence electrons. The highest BCUT2D eigenvalue weighted by Crippen LogP contribution is 2.17. The van der Waals surface area contributed by atoms with Crippen molar-refractivity contribution in [3.8, 4) is 0 Å². The van der Waals surface area contributed by atoms with Crippen LogP contribution < -0.4 is 10.6 Å². The third-order valence-corrected chi connectivity index (χ3v) is 5.31. The number of imidazole rings is 1. The van der Waals surface area contributed by atoms with E-state index < -0.39 is 0 Å². The fourth-order valence-corrected chi connectivity index (χ4v) is 3.65. The standard InChI is InChI=1S/C21H34N6O/c1-5-22-20(24-16-21(3,4)26-12-14-28-15-13-26)23-10-11-27-17(2)25-18-8-6-7-9-19(18)27/h6-9H,5,10-16H2,1-4H3,(H2,22,23,24). The second-order valence-electron chi connectivity index (χ2n) is 7.83. The number of fused-ring (bicyclic) bond motifs is 1. The maximum absolute atomic E-state index is 5.48. The van der Waals surface area contributed by atoms with E-state index in [1.165, 1.54) is 5.52 Å². The number of benzene rings is 1. The Balaban J connectivity index is 1.59. The van der Waals surface area contributed by atoms with Crippen molar-refractivity contribution in [1.29, 1.82) is 0 Å². The van der Waals surface area contributed by atoms with Gasteiger partial charge in [0.1, 0.15) is 5.82 Å². The Bertz CT molecular complexity index is 791. The van der Waals surface area contributed by atoms with E-state index in [0.29, 0.717) is 0 Å². The number of guanidine groups is 1. The predicted molar refractivity (Wildman–Crippen MR) is 115 cm³/mol. The van der Waals surface area contributed by atoms with Crippen molar-refractivity contribution in [3.63, 3.8) is 0 Å². The molecule has 2 heterocycles. The number of aryl methyl sites for hydroxylation is 1. The minimum absolute atomic E-state index is 0.0171. The fraction of sp³-hybridized carbons (Fsp3) is 0.619. The monoisotopic (exact) mass is 386 g/mol. The Labute approximate surface area is 168 Å². The van der Waals surface area contributed by atoms with Gasteiger partial charge in [-0.3, -0.25) is 9.89 Å². The van der Waals surface area contributed by atoms with E-state index in [0.717, 1.165) is 69.8 Å². The van der Waals surface area contributed by atoms with Crippen LogP contribution in [0.2, 0.25) is 0 Å². The first-order chi connectivity index (χ1) is 13.5. The van der Waals surface area contributed by atoms with Crippen LogP contribution in [0.5, 0.6) is 0 Å². The van der Waals surface area contributed by atoms with E-state index in [9.17, 15) is 0 Å². The van der Waals surface area contributed by atoms with Crippen LogP contribution >= 0.6 is 0 Å². The molecule has 3 rings (SSSR count). The van der Waals surface area contributed by atoms with Crippen LogP contribution in [0.1, 0.15) is 26.6 Å². The Kier molecular flexibility index (Phi) is 6.91. The molecular formula is C21H34N6O. The van der Waals surface area contributed by atoms with E-state index >= 15 is 0 Å². The zero-order valence-corrected chi connectivity index (χ0v) is 17.7. The molecular weight excluding hydrogens is 352 g/mol. The van der Waals surface area contributed by atoms with Gasteiger partial charge in [0, 0.05) is 38.3 Å². The molecule has 7 nitrogen and oxygen atoms in total. The molecule has 1 aliphatic heterocycles. The Morgan fingerprint density at radius 1 is 1.21 bits per heavy atom. The molecule has 0 atom stereocenters. The first-order valence-electron chi connectivity index (χ1n) is 10.3. The molecule has 1 aromatic heterocycles. The quantitative estimate of drug-likeness (QED) is 0.563. The van der Waals surface area contributed by atoms with Crippen LogP contribution in [-0.4, -0.2) is 71.9 Å². The van der Waals surface area contributed by atoms with Gasteiger partial charge < -0.3 is 19.9 Å². The lowest BCUT2D eigenvalue weighted by Crippen LogP contribution is -2.52. The number of hydrogen-bond donors (Lipinski definition) is 2. The maximum atomic E-state index is 5.48. The van der Waals surface area contributed by atoms with Crippen LogP contribution in [0.3, 0.4) is 0 Å². The molecule has 0 bridgehead atoms. The molecule has 1 saturated heterocycles. The van der Waals surface area contributed by atoms with Gasteiger partial charge in [0.2, 0.25) is 0 Å². The summed E-state index contributed by atoms with van der Waals surface area (Å²) in [5, 5.41) is 6.83. The molecule has 0 amide bonds. The summed E-state index contributed by atoms with van der Waals surface area (Å²) in [6.07, 6.45) is 0. The molecule has 0 aliphatic carbocycles. The minimum Gasteiger partial charge on any atom is -0.379 e. The Morgan fingerprint density at radius 2 is 1.96 bits per heavy atom. The lowest BCUT2D eigenvalue weighted by atomic mass is 10.0. The van der Waals surface area contributed by atoms with Crippen molar-refractivity contribution >= 4 is 17.0 Å². The second kappa shape index (κ2) is 9.39. The number of nitrogens with one attached hydrogen (secondary N) is 2. The minimum atomic E-state index is 0.0171. The molecule has 0 unspecified atom stereocenters. The number of rotatable bonds is 7. The van der Waals surface area contributed by atoms with Gasteiger partial charge in [-0.2, -0.15) is 0 Å². The topological polar surface area (TPSA) is 66.7 Å². The van der Waals surface area contributed by atoms with Gasteiger partial charge in [-0.25, -0.2) is 4.98 Å². The van der Waals surface area contributed by atoms with Gasteiger partial charge in [-0.1, -0.05) is 12.1 Å². The third-order valence-electron chi connectivity index (χ3n) is 5.31. The average Bonchev–Trinajstić information content (AvgIpc) is 3.02. The summed E-state index contributed by atoms with van der Waals surface area (Å²) in [5.74, 6) is 1.91. The third kappa shape index (κ3) is 5.02. The molecule has 28 heavy (non-hydrogen) atoms. The van der Waals surface area contributed by atoms with Gasteiger partial charge in [0.25, 0.3) is 0 Å². The zero-order valence-electron chi connectivity index (χ0n) is 17.7. The lowest BCUT2D eigenvalue weighted by Gasteiger charge is -2.39. The summed E-state index contributed by atoms with van der Waals surface area (Å²) < 4.78 is 7.73. The van der Waals surface area contributed by atoms with Crippen LogP contribution in [0.25, 0.3) is 11.0 Å². The number of aromatic nitrogens is 2. The number of para-hydroxylation sites is 2. The highest BCUT2D eigenvalue weighted by molar-refractivity contribution is 5.80. The largest absolute Gasteiger partial charge is 0.379 e. The smallest absolute Gasteiger partial charge is 0.191 e. The number of hydrogen-bond acceptors (Lipinski definition) is 4. The van der Waals surface area contributed by atoms with Crippen LogP contribution in [0.4, 0.5) is 0 Å². The number of morpholine rings is 1. The van der Waals surface area contributed by atoms with Crippen molar-refractivity contribution < 1.29 is 4.74 Å². The fourth-order valence-electron chi connectivity index (χ4n) is 3.65. The number of ether oxygens (including phenoxy) is 1. The van der Waals surface area contributed by atoms with Gasteiger partial charge in [0.15, 0.2) is 5.96 Å². The summed E-state index contributed by atoms with van der Waals surface area (Å²) in [6, 6.07) is 8.28. The molecule has 2 aromatic rings. The summed E-state index contributed by atoms with van der Waals surface area (Å²) >= 11 is 0. The van der Waals surface area contributed by atoms with Crippen molar-refractivity contribution in [1.82, 2.24) is 25.1 Å². The highest BCUT2D eigenvalue weighted by Gasteiger charge is 2.28. The van der Waals surface area contributed by atoms with Crippen molar-refractivity contribution in [2.75, 3.05) is 45.9 Å². The number of nitrogens with zero attached hydrogens (tertiary/aromatic N) is 4. The SMILES string of the molecule is CCNC(=NCC(C)(C)N1CCOCC1)NCCn1c(C)nc2ccccc21. The molecule has 1 aromatic carbocycles. The first kappa shape index (κ1) is 20.6. The molecule has 1 fully saturated rings. The molecule has 0 radical (unpaired) electrons. The van der Waals surface area contributed by atoms with E-state index in [1.54, 1.807) is 0 Å². The van der Waals surface area contributed by atoms with Crippen molar-refractivity contribution in [2.24, 2.45) is 4.99 Å². The first-order valence-corrected chi connectivity index (χ1v) is 10.3. The van der Waals surface area contributed by atoms with E-state index in [-0.39, 0.29) is 5.54 Å².